The molecule has 3 N–H and O–H groups in total. The molecule has 0 spiro atoms. The molecule has 132 valence electrons. The topological polar surface area (TPSA) is 108 Å². The maximum atomic E-state index is 12.1. The molecule has 25 heavy (non-hydrogen) atoms. The number of sulfonamides is 1. The van der Waals surface area contributed by atoms with Crippen LogP contribution in [0.25, 0.3) is 0 Å². The number of aryl methyl sites for hydroxylation is 1. The molecule has 0 bridgehead atoms. The lowest BCUT2D eigenvalue weighted by Gasteiger charge is -2.19. The molecule has 1 aliphatic rings. The van der Waals surface area contributed by atoms with E-state index < -0.39 is 10.0 Å². The third-order valence-corrected chi connectivity index (χ3v) is 4.65. The molecule has 2 aromatic rings. The van der Waals surface area contributed by atoms with E-state index in [-0.39, 0.29) is 17.2 Å². The van der Waals surface area contributed by atoms with Gasteiger partial charge in [-0.3, -0.25) is 4.79 Å². The first-order valence-corrected chi connectivity index (χ1v) is 9.28. The molecule has 0 atom stereocenters. The number of rotatable bonds is 5. The Kier molecular flexibility index (Phi) is 4.91. The van der Waals surface area contributed by atoms with Crippen molar-refractivity contribution >= 4 is 21.6 Å². The molecule has 8 heteroatoms. The van der Waals surface area contributed by atoms with Crippen LogP contribution in [0, 0.1) is 0 Å². The Morgan fingerprint density at radius 2 is 1.72 bits per heavy atom. The van der Waals surface area contributed by atoms with Crippen molar-refractivity contribution in [1.82, 2.24) is 0 Å². The zero-order valence-electron chi connectivity index (χ0n) is 13.4. The van der Waals surface area contributed by atoms with Crippen LogP contribution < -0.4 is 19.9 Å². The second kappa shape index (κ2) is 7.12. The highest BCUT2D eigenvalue weighted by atomic mass is 32.2. The molecule has 0 saturated carbocycles. The molecule has 1 aliphatic heterocycles. The minimum absolute atomic E-state index is 0.0528. The van der Waals surface area contributed by atoms with Crippen LogP contribution in [0.2, 0.25) is 0 Å². The number of ether oxygens (including phenoxy) is 2. The summed E-state index contributed by atoms with van der Waals surface area (Å²) in [5.74, 6) is 1.13. The summed E-state index contributed by atoms with van der Waals surface area (Å²) in [7, 11) is -3.70. The van der Waals surface area contributed by atoms with Gasteiger partial charge < -0.3 is 14.8 Å². The first-order chi connectivity index (χ1) is 11.9. The average molecular weight is 362 g/mol. The molecule has 0 aliphatic carbocycles. The van der Waals surface area contributed by atoms with Crippen molar-refractivity contribution in [2.24, 2.45) is 5.14 Å². The van der Waals surface area contributed by atoms with Gasteiger partial charge in [0, 0.05) is 18.2 Å². The van der Waals surface area contributed by atoms with Crippen LogP contribution in [0.4, 0.5) is 5.69 Å². The van der Waals surface area contributed by atoms with Gasteiger partial charge in [0.25, 0.3) is 0 Å². The van der Waals surface area contributed by atoms with E-state index in [0.29, 0.717) is 36.8 Å². The molecule has 0 saturated heterocycles. The molecule has 3 rings (SSSR count). The van der Waals surface area contributed by atoms with Crippen LogP contribution in [0.15, 0.2) is 47.4 Å². The molecule has 1 amide bonds. The van der Waals surface area contributed by atoms with Gasteiger partial charge in [0.1, 0.15) is 13.2 Å². The standard InChI is InChI=1S/C17H18N2O5S/c18-25(21,22)14-5-1-12(2-6-14)3-8-17(20)19-13-4-7-15-16(11-13)24-10-9-23-15/h1-2,4-7,11H,3,8-10H2,(H,19,20)(H2,18,21,22). The molecular weight excluding hydrogens is 344 g/mol. The second-order valence-electron chi connectivity index (χ2n) is 5.60. The van der Waals surface area contributed by atoms with Crippen molar-refractivity contribution in [3.05, 3.63) is 48.0 Å². The number of primary sulfonamides is 1. The summed E-state index contributed by atoms with van der Waals surface area (Å²) in [5, 5.41) is 7.86. The van der Waals surface area contributed by atoms with E-state index in [9.17, 15) is 13.2 Å². The number of anilines is 1. The number of hydrogen-bond acceptors (Lipinski definition) is 5. The van der Waals surface area contributed by atoms with Crippen molar-refractivity contribution in [2.45, 2.75) is 17.7 Å². The first kappa shape index (κ1) is 17.2. The first-order valence-electron chi connectivity index (χ1n) is 7.73. The van der Waals surface area contributed by atoms with Gasteiger partial charge in [-0.25, -0.2) is 13.6 Å². The summed E-state index contributed by atoms with van der Waals surface area (Å²) < 4.78 is 33.3. The van der Waals surface area contributed by atoms with E-state index in [2.05, 4.69) is 5.32 Å². The molecule has 2 aromatic carbocycles. The highest BCUT2D eigenvalue weighted by molar-refractivity contribution is 7.89. The third-order valence-electron chi connectivity index (χ3n) is 3.72. The minimum Gasteiger partial charge on any atom is -0.486 e. The Bertz CT molecular complexity index is 878. The number of carbonyl (C=O) groups is 1. The zero-order valence-corrected chi connectivity index (χ0v) is 14.2. The van der Waals surface area contributed by atoms with Crippen molar-refractivity contribution in [3.8, 4) is 11.5 Å². The van der Waals surface area contributed by atoms with Crippen LogP contribution in [0.3, 0.4) is 0 Å². The number of nitrogens with two attached hydrogens (primary N) is 1. The van der Waals surface area contributed by atoms with Crippen molar-refractivity contribution in [2.75, 3.05) is 18.5 Å². The minimum atomic E-state index is -3.70. The van der Waals surface area contributed by atoms with Gasteiger partial charge in [-0.15, -0.1) is 0 Å². The molecule has 1 heterocycles. The lowest BCUT2D eigenvalue weighted by atomic mass is 10.1. The summed E-state index contributed by atoms with van der Waals surface area (Å²) in [6.45, 7) is 1.00. The van der Waals surface area contributed by atoms with E-state index in [1.165, 1.54) is 12.1 Å². The van der Waals surface area contributed by atoms with Gasteiger partial charge in [-0.2, -0.15) is 0 Å². The fourth-order valence-electron chi connectivity index (χ4n) is 2.45. The normalized spacial score (nSPS) is 13.3. The summed E-state index contributed by atoms with van der Waals surface area (Å²) in [5.41, 5.74) is 1.49. The summed E-state index contributed by atoms with van der Waals surface area (Å²) in [6.07, 6.45) is 0.754. The summed E-state index contributed by atoms with van der Waals surface area (Å²) in [4.78, 5) is 12.1. The van der Waals surface area contributed by atoms with Crippen molar-refractivity contribution in [3.63, 3.8) is 0 Å². The van der Waals surface area contributed by atoms with Gasteiger partial charge in [0.05, 0.1) is 4.90 Å². The van der Waals surface area contributed by atoms with E-state index >= 15 is 0 Å². The Labute approximate surface area is 145 Å². The van der Waals surface area contributed by atoms with E-state index in [4.69, 9.17) is 14.6 Å². The second-order valence-corrected chi connectivity index (χ2v) is 7.16. The predicted molar refractivity (Wildman–Crippen MR) is 92.2 cm³/mol. The largest absolute Gasteiger partial charge is 0.486 e. The van der Waals surface area contributed by atoms with Gasteiger partial charge in [0.2, 0.25) is 15.9 Å². The van der Waals surface area contributed by atoms with Gasteiger partial charge in [0.15, 0.2) is 11.5 Å². The fraction of sp³-hybridized carbons (Fsp3) is 0.235. The van der Waals surface area contributed by atoms with Crippen LogP contribution in [0.5, 0.6) is 11.5 Å². The predicted octanol–water partition coefficient (Wildman–Crippen LogP) is 1.68. The Balaban J connectivity index is 1.56. The van der Waals surface area contributed by atoms with E-state index in [1.54, 1.807) is 30.3 Å². The van der Waals surface area contributed by atoms with Crippen molar-refractivity contribution in [1.29, 1.82) is 0 Å². The van der Waals surface area contributed by atoms with Crippen LogP contribution >= 0.6 is 0 Å². The number of carbonyl (C=O) groups excluding carboxylic acids is 1. The number of amides is 1. The van der Waals surface area contributed by atoms with Crippen LogP contribution in [0.1, 0.15) is 12.0 Å². The highest BCUT2D eigenvalue weighted by Gasteiger charge is 2.13. The maximum Gasteiger partial charge on any atom is 0.238 e. The van der Waals surface area contributed by atoms with Gasteiger partial charge >= 0.3 is 0 Å². The quantitative estimate of drug-likeness (QED) is 0.841. The summed E-state index contributed by atoms with van der Waals surface area (Å²) >= 11 is 0. The molecule has 0 aromatic heterocycles. The SMILES string of the molecule is NS(=O)(=O)c1ccc(CCC(=O)Nc2ccc3c(c2)OCCO3)cc1. The highest BCUT2D eigenvalue weighted by Crippen LogP contribution is 2.32. The Hall–Kier alpha value is -2.58. The van der Waals surface area contributed by atoms with Gasteiger partial charge in [-0.1, -0.05) is 12.1 Å². The molecule has 7 nitrogen and oxygen atoms in total. The maximum absolute atomic E-state index is 12.1. The molecule has 0 unspecified atom stereocenters. The van der Waals surface area contributed by atoms with Crippen LogP contribution in [-0.2, 0) is 21.2 Å². The molecular formula is C17H18N2O5S. The average Bonchev–Trinajstić information content (AvgIpc) is 2.59. The third kappa shape index (κ3) is 4.49. The monoisotopic (exact) mass is 362 g/mol. The van der Waals surface area contributed by atoms with E-state index in [1.807, 2.05) is 0 Å². The number of fused-ring (bicyclic) bond motifs is 1. The number of benzene rings is 2. The Morgan fingerprint density at radius 3 is 2.40 bits per heavy atom. The smallest absolute Gasteiger partial charge is 0.238 e. The number of nitrogens with one attached hydrogen (secondary N) is 1. The molecule has 0 radical (unpaired) electrons. The lowest BCUT2D eigenvalue weighted by Crippen LogP contribution is -2.16. The fourth-order valence-corrected chi connectivity index (χ4v) is 2.96. The number of hydrogen-bond donors (Lipinski definition) is 2. The van der Waals surface area contributed by atoms with Crippen LogP contribution in [-0.4, -0.2) is 27.5 Å². The lowest BCUT2D eigenvalue weighted by molar-refractivity contribution is -0.116. The van der Waals surface area contributed by atoms with Crippen molar-refractivity contribution < 1.29 is 22.7 Å². The van der Waals surface area contributed by atoms with Gasteiger partial charge in [-0.05, 0) is 36.2 Å². The Morgan fingerprint density at radius 1 is 1.04 bits per heavy atom. The van der Waals surface area contributed by atoms with E-state index in [0.717, 1.165) is 5.56 Å². The molecule has 0 fully saturated rings. The zero-order chi connectivity index (χ0) is 17.9. The summed E-state index contributed by atoms with van der Waals surface area (Å²) in [6, 6.07) is 11.4.